The zero-order valence-corrected chi connectivity index (χ0v) is 10.0. The van der Waals surface area contributed by atoms with Gasteiger partial charge in [0.2, 0.25) is 0 Å². The molecule has 0 spiro atoms. The van der Waals surface area contributed by atoms with E-state index in [1.165, 1.54) is 24.6 Å². The molecule has 0 aromatic carbocycles. The Morgan fingerprint density at radius 2 is 2.00 bits per heavy atom. The highest BCUT2D eigenvalue weighted by Crippen LogP contribution is 2.25. The largest absolute Gasteiger partial charge is 0.379 e. The first-order valence-corrected chi connectivity index (χ1v) is 7.61. The smallest absolute Gasteiger partial charge is 0.0659 e. The minimum atomic E-state index is -0.0698. The molecule has 0 aliphatic carbocycles. The number of nitrogens with two attached hydrogens (primary N) is 1. The van der Waals surface area contributed by atoms with Crippen LogP contribution in [0.25, 0.3) is 0 Å². The van der Waals surface area contributed by atoms with Crippen LogP contribution in [-0.2, 0) is 4.74 Å². The van der Waals surface area contributed by atoms with Crippen LogP contribution in [0.1, 0.15) is 6.42 Å². The Hall–Kier alpha value is 0.580. The SMILES string of the molecule is NC1(CN2CCSSCC2)CCOC1. The van der Waals surface area contributed by atoms with Gasteiger partial charge in [-0.25, -0.2) is 0 Å². The Morgan fingerprint density at radius 1 is 1.29 bits per heavy atom. The van der Waals surface area contributed by atoms with Crippen molar-refractivity contribution in [3.63, 3.8) is 0 Å². The lowest BCUT2D eigenvalue weighted by Crippen LogP contribution is -2.51. The molecule has 2 aliphatic rings. The first kappa shape index (κ1) is 11.1. The molecule has 1 unspecified atom stereocenters. The minimum absolute atomic E-state index is 0.0698. The monoisotopic (exact) mass is 234 g/mol. The summed E-state index contributed by atoms with van der Waals surface area (Å²) in [6, 6.07) is 0. The summed E-state index contributed by atoms with van der Waals surface area (Å²) in [6.07, 6.45) is 1.02. The van der Waals surface area contributed by atoms with Gasteiger partial charge in [-0.05, 0) is 6.42 Å². The van der Waals surface area contributed by atoms with Gasteiger partial charge in [0.05, 0.1) is 12.1 Å². The first-order valence-electron chi connectivity index (χ1n) is 5.12. The highest BCUT2D eigenvalue weighted by Gasteiger charge is 2.32. The zero-order valence-electron chi connectivity index (χ0n) is 8.41. The predicted octanol–water partition coefficient (Wildman–Crippen LogP) is 0.801. The quantitative estimate of drug-likeness (QED) is 0.716. The number of nitrogens with zero attached hydrogens (tertiary/aromatic N) is 1. The highest BCUT2D eigenvalue weighted by atomic mass is 33.1. The number of hydrogen-bond donors (Lipinski definition) is 1. The fourth-order valence-corrected chi connectivity index (χ4v) is 3.97. The molecule has 1 atom stereocenters. The number of ether oxygens (including phenoxy) is 1. The van der Waals surface area contributed by atoms with Crippen LogP contribution in [0, 0.1) is 0 Å². The van der Waals surface area contributed by atoms with Crippen molar-refractivity contribution in [2.45, 2.75) is 12.0 Å². The predicted molar refractivity (Wildman–Crippen MR) is 63.7 cm³/mol. The minimum Gasteiger partial charge on any atom is -0.379 e. The maximum Gasteiger partial charge on any atom is 0.0659 e. The zero-order chi connectivity index (χ0) is 9.86. The summed E-state index contributed by atoms with van der Waals surface area (Å²) in [5.74, 6) is 2.45. The van der Waals surface area contributed by atoms with Crippen LogP contribution >= 0.6 is 21.6 Å². The van der Waals surface area contributed by atoms with Crippen molar-refractivity contribution < 1.29 is 4.74 Å². The Morgan fingerprint density at radius 3 is 2.57 bits per heavy atom. The lowest BCUT2D eigenvalue weighted by Gasteiger charge is -2.29. The lowest BCUT2D eigenvalue weighted by molar-refractivity contribution is 0.157. The fourth-order valence-electron chi connectivity index (χ4n) is 1.91. The Balaban J connectivity index is 1.82. The van der Waals surface area contributed by atoms with Crippen molar-refractivity contribution in [3.05, 3.63) is 0 Å². The van der Waals surface area contributed by atoms with Gasteiger partial charge in [0, 0.05) is 37.7 Å². The molecule has 0 amide bonds. The average Bonchev–Trinajstić information content (AvgIpc) is 2.43. The van der Waals surface area contributed by atoms with Crippen molar-refractivity contribution in [1.29, 1.82) is 0 Å². The van der Waals surface area contributed by atoms with Crippen molar-refractivity contribution in [2.24, 2.45) is 5.73 Å². The lowest BCUT2D eigenvalue weighted by atomic mass is 10.00. The molecule has 14 heavy (non-hydrogen) atoms. The molecule has 2 N–H and O–H groups in total. The molecule has 2 saturated heterocycles. The van der Waals surface area contributed by atoms with Gasteiger partial charge < -0.3 is 10.5 Å². The Labute approximate surface area is 93.5 Å². The van der Waals surface area contributed by atoms with Crippen molar-refractivity contribution >= 4 is 21.6 Å². The topological polar surface area (TPSA) is 38.5 Å². The average molecular weight is 234 g/mol. The summed E-state index contributed by atoms with van der Waals surface area (Å²) in [5.41, 5.74) is 6.19. The van der Waals surface area contributed by atoms with Crippen LogP contribution in [0.2, 0.25) is 0 Å². The fraction of sp³-hybridized carbons (Fsp3) is 1.00. The molecule has 0 saturated carbocycles. The number of hydrogen-bond acceptors (Lipinski definition) is 5. The van der Waals surface area contributed by atoms with Crippen molar-refractivity contribution in [1.82, 2.24) is 4.90 Å². The first-order chi connectivity index (χ1) is 6.79. The molecule has 2 heterocycles. The third-order valence-corrected chi connectivity index (χ3v) is 5.10. The normalized spacial score (nSPS) is 35.8. The summed E-state index contributed by atoms with van der Waals surface area (Å²) in [7, 11) is 3.96. The molecule has 0 aromatic heterocycles. The van der Waals surface area contributed by atoms with E-state index in [0.717, 1.165) is 26.2 Å². The summed E-state index contributed by atoms with van der Waals surface area (Å²) < 4.78 is 5.37. The van der Waals surface area contributed by atoms with E-state index in [-0.39, 0.29) is 5.54 Å². The van der Waals surface area contributed by atoms with E-state index in [1.807, 2.05) is 21.6 Å². The Bertz CT molecular complexity index is 178. The number of rotatable bonds is 2. The van der Waals surface area contributed by atoms with Gasteiger partial charge in [0.15, 0.2) is 0 Å². The van der Waals surface area contributed by atoms with Crippen LogP contribution in [0.5, 0.6) is 0 Å². The highest BCUT2D eigenvalue weighted by molar-refractivity contribution is 8.76. The van der Waals surface area contributed by atoms with Crippen LogP contribution < -0.4 is 5.73 Å². The van der Waals surface area contributed by atoms with Crippen LogP contribution in [0.3, 0.4) is 0 Å². The summed E-state index contributed by atoms with van der Waals surface area (Å²) in [4.78, 5) is 2.49. The molecule has 2 fully saturated rings. The second kappa shape index (κ2) is 5.07. The Kier molecular flexibility index (Phi) is 4.01. The van der Waals surface area contributed by atoms with Gasteiger partial charge in [-0.15, -0.1) is 0 Å². The maximum atomic E-state index is 6.26. The summed E-state index contributed by atoms with van der Waals surface area (Å²) in [6.45, 7) is 4.94. The molecule has 0 radical (unpaired) electrons. The third-order valence-electron chi connectivity index (χ3n) is 2.74. The standard InChI is InChI=1S/C9H18N2OS2/c10-9(1-4-12-8-9)7-11-2-5-13-14-6-3-11/h1-8,10H2. The summed E-state index contributed by atoms with van der Waals surface area (Å²) in [5, 5.41) is 0. The van der Waals surface area contributed by atoms with E-state index in [1.54, 1.807) is 0 Å². The van der Waals surface area contributed by atoms with Gasteiger partial charge in [-0.3, -0.25) is 4.90 Å². The second-order valence-electron chi connectivity index (χ2n) is 4.09. The van der Waals surface area contributed by atoms with Crippen molar-refractivity contribution in [2.75, 3.05) is 44.4 Å². The third kappa shape index (κ3) is 3.03. The van der Waals surface area contributed by atoms with Crippen molar-refractivity contribution in [3.8, 4) is 0 Å². The molecular formula is C9H18N2OS2. The molecule has 2 rings (SSSR count). The summed E-state index contributed by atoms with van der Waals surface area (Å²) >= 11 is 0. The molecule has 2 aliphatic heterocycles. The molecule has 5 heteroatoms. The van der Waals surface area contributed by atoms with E-state index in [9.17, 15) is 0 Å². The maximum absolute atomic E-state index is 6.26. The van der Waals surface area contributed by atoms with Crippen LogP contribution in [0.15, 0.2) is 0 Å². The van der Waals surface area contributed by atoms with Gasteiger partial charge in [-0.2, -0.15) is 0 Å². The molecule has 3 nitrogen and oxygen atoms in total. The van der Waals surface area contributed by atoms with Gasteiger partial charge in [0.1, 0.15) is 0 Å². The molecule has 82 valence electrons. The van der Waals surface area contributed by atoms with E-state index in [4.69, 9.17) is 10.5 Å². The van der Waals surface area contributed by atoms with E-state index in [2.05, 4.69) is 4.90 Å². The van der Waals surface area contributed by atoms with Gasteiger partial charge in [0.25, 0.3) is 0 Å². The van der Waals surface area contributed by atoms with E-state index in [0.29, 0.717) is 0 Å². The van der Waals surface area contributed by atoms with Crippen LogP contribution in [-0.4, -0.2) is 54.8 Å². The van der Waals surface area contributed by atoms with E-state index < -0.39 is 0 Å². The van der Waals surface area contributed by atoms with Gasteiger partial charge >= 0.3 is 0 Å². The van der Waals surface area contributed by atoms with E-state index >= 15 is 0 Å². The molecule has 0 aromatic rings. The molecular weight excluding hydrogens is 216 g/mol. The van der Waals surface area contributed by atoms with Crippen LogP contribution in [0.4, 0.5) is 0 Å². The molecule has 0 bridgehead atoms. The van der Waals surface area contributed by atoms with Gasteiger partial charge in [-0.1, -0.05) is 21.6 Å². The second-order valence-corrected chi connectivity index (χ2v) is 6.79.